The molecule has 5 amide bonds. The molecule has 4 aliphatic heterocycles. The van der Waals surface area contributed by atoms with Gasteiger partial charge in [0.05, 0.1) is 5.56 Å². The number of benzene rings is 2. The minimum absolute atomic E-state index is 0.0829. The van der Waals surface area contributed by atoms with Gasteiger partial charge in [0.25, 0.3) is 11.8 Å². The molecule has 0 saturated carbocycles. The first-order valence-electron chi connectivity index (χ1n) is 21.3. The fourth-order valence-corrected chi connectivity index (χ4v) is 8.92. The molecule has 12 nitrogen and oxygen atoms in total. The number of hydrogen-bond acceptors (Lipinski definition) is 8. The highest BCUT2D eigenvalue weighted by molar-refractivity contribution is 6.07. The van der Waals surface area contributed by atoms with Crippen molar-refractivity contribution < 1.29 is 24.0 Å². The molecule has 0 bridgehead atoms. The lowest BCUT2D eigenvalue weighted by Crippen LogP contribution is -2.52. The average molecular weight is 788 g/mol. The number of aromatic nitrogens is 1. The Morgan fingerprint density at radius 1 is 0.845 bits per heavy atom. The molecule has 4 aliphatic rings. The van der Waals surface area contributed by atoms with Gasteiger partial charge in [0.2, 0.25) is 17.7 Å². The van der Waals surface area contributed by atoms with Crippen LogP contribution in [0.5, 0.6) is 0 Å². The lowest BCUT2D eigenvalue weighted by atomic mass is 9.88. The zero-order chi connectivity index (χ0) is 40.3. The standard InChI is InChI=1S/C46H57N7O5/c54-41(17-11-34-8-6-23-47-31-34)49-25-2-1-7-33-19-29-52(30-20-33)45(57)37-14-12-35(13-15-37)36-21-27-51(28-22-36)26-4-3-24-48-39-10-5-9-38-32-53(46(58)43(38)39)40-16-18-42(55)50-44(40)56/h5-6,8-15,17,23,31,33,36,40,48H,1-4,7,16,18-22,24-30,32H2,(H,49,54)(H,50,55,56)/b17-11+. The highest BCUT2D eigenvalue weighted by Gasteiger charge is 2.40. The van der Waals surface area contributed by atoms with E-state index in [0.717, 1.165) is 119 Å². The second-order valence-electron chi connectivity index (χ2n) is 16.3. The van der Waals surface area contributed by atoms with E-state index in [4.69, 9.17) is 0 Å². The van der Waals surface area contributed by atoms with Crippen LogP contribution in [0.3, 0.4) is 0 Å². The number of nitrogens with one attached hydrogen (secondary N) is 3. The molecule has 2 aromatic carbocycles. The van der Waals surface area contributed by atoms with Gasteiger partial charge in [-0.15, -0.1) is 0 Å². The molecule has 0 aliphatic carbocycles. The summed E-state index contributed by atoms with van der Waals surface area (Å²) >= 11 is 0. The fourth-order valence-electron chi connectivity index (χ4n) is 8.92. The van der Waals surface area contributed by atoms with Gasteiger partial charge in [-0.2, -0.15) is 0 Å². The van der Waals surface area contributed by atoms with Crippen LogP contribution in [0.4, 0.5) is 5.69 Å². The zero-order valence-electron chi connectivity index (χ0n) is 33.5. The van der Waals surface area contributed by atoms with Crippen LogP contribution in [0, 0.1) is 5.92 Å². The van der Waals surface area contributed by atoms with E-state index in [1.165, 1.54) is 5.56 Å². The molecule has 0 spiro atoms. The maximum atomic E-state index is 13.4. The predicted octanol–water partition coefficient (Wildman–Crippen LogP) is 5.77. The van der Waals surface area contributed by atoms with Gasteiger partial charge in [-0.05, 0) is 130 Å². The molecular formula is C46H57N7O5. The molecule has 0 radical (unpaired) electrons. The van der Waals surface area contributed by atoms with Crippen LogP contribution in [0.15, 0.2) is 73.1 Å². The van der Waals surface area contributed by atoms with Crippen LogP contribution in [-0.2, 0) is 20.9 Å². The summed E-state index contributed by atoms with van der Waals surface area (Å²) in [7, 11) is 0. The first-order valence-corrected chi connectivity index (χ1v) is 21.3. The second-order valence-corrected chi connectivity index (χ2v) is 16.3. The Bertz CT molecular complexity index is 1940. The number of carbonyl (C=O) groups excluding carboxylic acids is 5. The third kappa shape index (κ3) is 10.6. The Morgan fingerprint density at radius 2 is 1.64 bits per heavy atom. The fraction of sp³-hybridized carbons (Fsp3) is 0.478. The summed E-state index contributed by atoms with van der Waals surface area (Å²) < 4.78 is 0. The van der Waals surface area contributed by atoms with E-state index in [2.05, 4.69) is 38.0 Å². The van der Waals surface area contributed by atoms with Gasteiger partial charge in [0, 0.05) is 68.9 Å². The Kier molecular flexibility index (Phi) is 14.0. The van der Waals surface area contributed by atoms with E-state index < -0.39 is 6.04 Å². The van der Waals surface area contributed by atoms with Crippen molar-refractivity contribution in [2.45, 2.75) is 89.1 Å². The molecule has 1 atom stereocenters. The van der Waals surface area contributed by atoms with Gasteiger partial charge in [-0.25, -0.2) is 0 Å². The number of anilines is 1. The Balaban J connectivity index is 0.750. The maximum absolute atomic E-state index is 13.4. The Labute approximate surface area is 341 Å². The van der Waals surface area contributed by atoms with Crippen molar-refractivity contribution in [1.29, 1.82) is 0 Å². The Hall–Kier alpha value is -5.36. The number of piperidine rings is 3. The van der Waals surface area contributed by atoms with Crippen molar-refractivity contribution in [2.24, 2.45) is 5.92 Å². The lowest BCUT2D eigenvalue weighted by molar-refractivity contribution is -0.137. The van der Waals surface area contributed by atoms with Crippen LogP contribution >= 0.6 is 0 Å². The highest BCUT2D eigenvalue weighted by atomic mass is 16.2. The molecule has 3 aromatic rings. The first kappa shape index (κ1) is 40.8. The summed E-state index contributed by atoms with van der Waals surface area (Å²) in [5.41, 5.74) is 5.36. The van der Waals surface area contributed by atoms with Crippen molar-refractivity contribution >= 4 is 41.3 Å². The van der Waals surface area contributed by atoms with Gasteiger partial charge in [0.15, 0.2) is 0 Å². The van der Waals surface area contributed by atoms with Gasteiger partial charge < -0.3 is 25.3 Å². The van der Waals surface area contributed by atoms with Crippen LogP contribution in [-0.4, -0.2) is 101 Å². The molecule has 306 valence electrons. The highest BCUT2D eigenvalue weighted by Crippen LogP contribution is 2.33. The minimum Gasteiger partial charge on any atom is -0.384 e. The van der Waals surface area contributed by atoms with Gasteiger partial charge in [-0.3, -0.25) is 34.3 Å². The van der Waals surface area contributed by atoms with E-state index in [9.17, 15) is 24.0 Å². The molecule has 5 heterocycles. The van der Waals surface area contributed by atoms with Gasteiger partial charge in [-0.1, -0.05) is 43.2 Å². The first-order chi connectivity index (χ1) is 28.3. The SMILES string of the molecule is O=C(/C=C/c1cccnc1)NCCCCC1CCN(C(=O)c2ccc(C3CCN(CCCCNc4cccc5c4C(=O)N(C4CCC(=O)NC4=O)C5)CC3)cc2)CC1. The summed E-state index contributed by atoms with van der Waals surface area (Å²) in [6.07, 6.45) is 16.8. The Morgan fingerprint density at radius 3 is 2.40 bits per heavy atom. The van der Waals surface area contributed by atoms with Crippen LogP contribution in [0.25, 0.3) is 6.08 Å². The number of nitrogens with zero attached hydrogens (tertiary/aromatic N) is 4. The van der Waals surface area contributed by atoms with Crippen LogP contribution in [0.2, 0.25) is 0 Å². The number of likely N-dealkylation sites (tertiary alicyclic amines) is 2. The molecule has 3 fully saturated rings. The third-order valence-corrected chi connectivity index (χ3v) is 12.3. The molecule has 1 aromatic heterocycles. The van der Waals surface area contributed by atoms with E-state index in [0.29, 0.717) is 36.9 Å². The average Bonchev–Trinajstić information content (AvgIpc) is 3.59. The summed E-state index contributed by atoms with van der Waals surface area (Å²) in [4.78, 5) is 73.1. The van der Waals surface area contributed by atoms with Crippen molar-refractivity contribution in [3.05, 3.63) is 101 Å². The number of rotatable bonds is 16. The van der Waals surface area contributed by atoms with Crippen molar-refractivity contribution in [3.63, 3.8) is 0 Å². The normalized spacial score (nSPS) is 19.4. The molecule has 3 N–H and O–H groups in total. The number of fused-ring (bicyclic) bond motifs is 1. The van der Waals surface area contributed by atoms with Gasteiger partial charge in [0.1, 0.15) is 6.04 Å². The van der Waals surface area contributed by atoms with E-state index >= 15 is 0 Å². The predicted molar refractivity (Wildman–Crippen MR) is 224 cm³/mol. The monoisotopic (exact) mass is 787 g/mol. The number of pyridine rings is 1. The van der Waals surface area contributed by atoms with Gasteiger partial charge >= 0.3 is 0 Å². The summed E-state index contributed by atoms with van der Waals surface area (Å²) in [5, 5.41) is 8.81. The minimum atomic E-state index is -0.609. The lowest BCUT2D eigenvalue weighted by Gasteiger charge is -2.33. The van der Waals surface area contributed by atoms with E-state index in [-0.39, 0.29) is 36.0 Å². The number of amides is 5. The zero-order valence-corrected chi connectivity index (χ0v) is 33.5. The molecular weight excluding hydrogens is 731 g/mol. The summed E-state index contributed by atoms with van der Waals surface area (Å²) in [6.45, 7) is 6.57. The molecule has 1 unspecified atom stereocenters. The molecule has 7 rings (SSSR count). The second kappa shape index (κ2) is 19.9. The summed E-state index contributed by atoms with van der Waals surface area (Å²) in [6, 6.07) is 17.3. The summed E-state index contributed by atoms with van der Waals surface area (Å²) in [5.74, 6) is 0.360. The molecule has 3 saturated heterocycles. The number of carbonyl (C=O) groups is 5. The number of hydrogen-bond donors (Lipinski definition) is 3. The van der Waals surface area contributed by atoms with Crippen LogP contribution in [0.1, 0.15) is 114 Å². The van der Waals surface area contributed by atoms with E-state index in [1.54, 1.807) is 29.4 Å². The third-order valence-electron chi connectivity index (χ3n) is 12.3. The van der Waals surface area contributed by atoms with Crippen LogP contribution < -0.4 is 16.0 Å². The smallest absolute Gasteiger partial charge is 0.257 e. The quantitative estimate of drug-likeness (QED) is 0.0945. The van der Waals surface area contributed by atoms with Crippen molar-refractivity contribution in [2.75, 3.05) is 51.1 Å². The van der Waals surface area contributed by atoms with Crippen molar-refractivity contribution in [3.8, 4) is 0 Å². The maximum Gasteiger partial charge on any atom is 0.257 e. The molecule has 12 heteroatoms. The molecule has 58 heavy (non-hydrogen) atoms. The number of unbranched alkanes of at least 4 members (excludes halogenated alkanes) is 2. The van der Waals surface area contributed by atoms with Crippen molar-refractivity contribution in [1.82, 2.24) is 30.3 Å². The number of imide groups is 1. The topological polar surface area (TPSA) is 144 Å². The van der Waals surface area contributed by atoms with E-state index in [1.807, 2.05) is 47.4 Å². The largest absolute Gasteiger partial charge is 0.384 e.